The molecule has 0 radical (unpaired) electrons. The van der Waals surface area contributed by atoms with Crippen molar-refractivity contribution in [1.29, 1.82) is 10.5 Å². The van der Waals surface area contributed by atoms with Crippen molar-refractivity contribution in [3.05, 3.63) is 162 Å². The van der Waals surface area contributed by atoms with E-state index in [1.807, 2.05) is 30.3 Å². The van der Waals surface area contributed by atoms with Crippen molar-refractivity contribution in [2.75, 3.05) is 0 Å². The van der Waals surface area contributed by atoms with E-state index in [1.165, 1.54) is 16.6 Å². The number of fused-ring (bicyclic) bond motifs is 6. The number of rotatable bonds is 4. The first-order valence-electron chi connectivity index (χ1n) is 16.0. The zero-order chi connectivity index (χ0) is 32.2. The van der Waals surface area contributed by atoms with E-state index in [4.69, 9.17) is 0 Å². The number of aromatic nitrogens is 2. The van der Waals surface area contributed by atoms with Crippen LogP contribution in [0.1, 0.15) is 28.8 Å². The summed E-state index contributed by atoms with van der Waals surface area (Å²) in [5.74, 6) is 0. The molecule has 8 aromatic rings. The summed E-state index contributed by atoms with van der Waals surface area (Å²) in [6.45, 7) is 0. The maximum atomic E-state index is 9.70. The molecule has 0 bridgehead atoms. The summed E-state index contributed by atoms with van der Waals surface area (Å²) in [5.41, 5.74) is 13.2. The second kappa shape index (κ2) is 10.9. The van der Waals surface area contributed by atoms with Crippen LogP contribution in [0.5, 0.6) is 0 Å². The first-order chi connectivity index (χ1) is 23.7. The van der Waals surface area contributed by atoms with Gasteiger partial charge in [-0.1, -0.05) is 84.9 Å². The highest BCUT2D eigenvalue weighted by Gasteiger charge is 2.21. The zero-order valence-corrected chi connectivity index (χ0v) is 25.9. The molecule has 4 nitrogen and oxygen atoms in total. The number of nitriles is 2. The Hall–Kier alpha value is -6.80. The average Bonchev–Trinajstić information content (AvgIpc) is 3.67. The zero-order valence-electron chi connectivity index (χ0n) is 25.9. The molecule has 4 heteroatoms. The summed E-state index contributed by atoms with van der Waals surface area (Å²) in [5, 5.41) is 22.7. The Bertz CT molecular complexity index is 2700. The minimum atomic E-state index is 0.557. The Morgan fingerprint density at radius 1 is 0.625 bits per heavy atom. The van der Waals surface area contributed by atoms with Gasteiger partial charge in [0.05, 0.1) is 45.5 Å². The molecule has 1 aliphatic rings. The predicted molar refractivity (Wildman–Crippen MR) is 193 cm³/mol. The van der Waals surface area contributed by atoms with Gasteiger partial charge in [-0.3, -0.25) is 0 Å². The van der Waals surface area contributed by atoms with Gasteiger partial charge >= 0.3 is 0 Å². The van der Waals surface area contributed by atoms with Gasteiger partial charge in [0, 0.05) is 50.3 Å². The molecule has 0 spiro atoms. The van der Waals surface area contributed by atoms with Gasteiger partial charge in [0.25, 0.3) is 0 Å². The summed E-state index contributed by atoms with van der Waals surface area (Å²) in [7, 11) is 0. The third kappa shape index (κ3) is 4.24. The van der Waals surface area contributed by atoms with Gasteiger partial charge in [0.1, 0.15) is 0 Å². The van der Waals surface area contributed by atoms with Crippen LogP contribution in [0.3, 0.4) is 0 Å². The lowest BCUT2D eigenvalue weighted by atomic mass is 9.97. The number of para-hydroxylation sites is 2. The SMILES string of the molecule is N#Cc1cc#cc(-c2ccc(-c3cccc(-n4c5ccccc5c5cc(C#N)ccc54)c3)cc2-n2c3c(c4ccccc42)C=CCC3)c1. The largest absolute Gasteiger partial charge is 0.312 e. The second-order valence-corrected chi connectivity index (χ2v) is 12.2. The molecular weight excluding hydrogens is 585 g/mol. The quantitative estimate of drug-likeness (QED) is 0.199. The Kier molecular flexibility index (Phi) is 6.26. The summed E-state index contributed by atoms with van der Waals surface area (Å²) in [4.78, 5) is 0. The standard InChI is InChI=1S/C44H26N4/c45-27-29-9-7-11-33(23-29)35-21-20-32(26-44(35)48-41-17-5-1-13-36(41)37-14-2-6-18-42(37)48)31-10-8-12-34(25-31)47-40-16-4-3-15-38(40)39-24-30(28-46)19-22-43(39)47/h1-5,8-10,12-17,19-26H,6,18H2. The van der Waals surface area contributed by atoms with Gasteiger partial charge < -0.3 is 9.13 Å². The Morgan fingerprint density at radius 3 is 2.25 bits per heavy atom. The minimum Gasteiger partial charge on any atom is -0.312 e. The third-order valence-corrected chi connectivity index (χ3v) is 9.48. The van der Waals surface area contributed by atoms with Crippen molar-refractivity contribution < 1.29 is 0 Å². The number of hydrogen-bond donors (Lipinski definition) is 0. The first-order valence-corrected chi connectivity index (χ1v) is 16.0. The highest BCUT2D eigenvalue weighted by atomic mass is 15.0. The number of hydrogen-bond acceptors (Lipinski definition) is 2. The molecule has 222 valence electrons. The molecule has 2 aromatic heterocycles. The predicted octanol–water partition coefficient (Wildman–Crippen LogP) is 10.4. The van der Waals surface area contributed by atoms with E-state index in [-0.39, 0.29) is 0 Å². The fourth-order valence-electron chi connectivity index (χ4n) is 7.35. The number of allylic oxidation sites excluding steroid dienone is 1. The van der Waals surface area contributed by atoms with E-state index < -0.39 is 0 Å². The fraction of sp³-hybridized carbons (Fsp3) is 0.0455. The normalized spacial score (nSPS) is 12.1. The van der Waals surface area contributed by atoms with E-state index in [2.05, 4.69) is 130 Å². The Morgan fingerprint density at radius 2 is 1.40 bits per heavy atom. The van der Waals surface area contributed by atoms with Crippen molar-refractivity contribution in [3.8, 4) is 45.8 Å². The van der Waals surface area contributed by atoms with Crippen LogP contribution < -0.4 is 0 Å². The van der Waals surface area contributed by atoms with Gasteiger partial charge in [0.2, 0.25) is 0 Å². The van der Waals surface area contributed by atoms with Gasteiger partial charge in [0.15, 0.2) is 0 Å². The number of nitrogens with zero attached hydrogens (tertiary/aromatic N) is 4. The lowest BCUT2D eigenvalue weighted by Gasteiger charge is -2.18. The molecule has 0 saturated carbocycles. The molecule has 1 aliphatic carbocycles. The highest BCUT2D eigenvalue weighted by Crippen LogP contribution is 2.40. The smallest absolute Gasteiger partial charge is 0.0998 e. The van der Waals surface area contributed by atoms with Crippen molar-refractivity contribution in [3.63, 3.8) is 0 Å². The van der Waals surface area contributed by atoms with Crippen molar-refractivity contribution >= 4 is 38.8 Å². The molecule has 0 atom stereocenters. The molecule has 0 aliphatic heterocycles. The van der Waals surface area contributed by atoms with Crippen LogP contribution in [-0.4, -0.2) is 9.13 Å². The van der Waals surface area contributed by atoms with E-state index in [0.717, 1.165) is 73.8 Å². The molecule has 6 aromatic carbocycles. The van der Waals surface area contributed by atoms with Crippen LogP contribution in [0.2, 0.25) is 0 Å². The Balaban J connectivity index is 1.28. The van der Waals surface area contributed by atoms with Crippen LogP contribution in [-0.2, 0) is 6.42 Å². The molecule has 0 amide bonds. The van der Waals surface area contributed by atoms with Crippen molar-refractivity contribution in [1.82, 2.24) is 9.13 Å². The number of benzene rings is 5. The summed E-state index contributed by atoms with van der Waals surface area (Å²) in [6.07, 6.45) is 6.44. The monoisotopic (exact) mass is 610 g/mol. The summed E-state index contributed by atoms with van der Waals surface area (Å²) >= 11 is 0. The van der Waals surface area contributed by atoms with Crippen LogP contribution in [0.15, 0.2) is 127 Å². The van der Waals surface area contributed by atoms with Crippen molar-refractivity contribution in [2.24, 2.45) is 0 Å². The van der Waals surface area contributed by atoms with Gasteiger partial charge in [-0.2, -0.15) is 10.5 Å². The minimum absolute atomic E-state index is 0.557. The average molecular weight is 611 g/mol. The van der Waals surface area contributed by atoms with E-state index >= 15 is 0 Å². The van der Waals surface area contributed by atoms with Gasteiger partial charge in [-0.25, -0.2) is 0 Å². The molecule has 0 fully saturated rings. The summed E-state index contributed by atoms with van der Waals surface area (Å²) in [6, 6.07) is 52.6. The first kappa shape index (κ1) is 27.5. The molecule has 0 N–H and O–H groups in total. The molecule has 0 unspecified atom stereocenters. The molecule has 9 rings (SSSR count). The molecule has 48 heavy (non-hydrogen) atoms. The molecule has 2 heterocycles. The highest BCUT2D eigenvalue weighted by molar-refractivity contribution is 6.09. The van der Waals surface area contributed by atoms with Gasteiger partial charge in [-0.15, -0.1) is 0 Å². The summed E-state index contributed by atoms with van der Waals surface area (Å²) < 4.78 is 4.69. The van der Waals surface area contributed by atoms with Crippen LogP contribution in [0, 0.1) is 34.8 Å². The van der Waals surface area contributed by atoms with Crippen LogP contribution in [0.4, 0.5) is 0 Å². The van der Waals surface area contributed by atoms with E-state index in [0.29, 0.717) is 11.1 Å². The molecule has 0 saturated heterocycles. The Labute approximate surface area is 278 Å². The third-order valence-electron chi connectivity index (χ3n) is 9.48. The topological polar surface area (TPSA) is 57.4 Å². The van der Waals surface area contributed by atoms with E-state index in [9.17, 15) is 10.5 Å². The van der Waals surface area contributed by atoms with Gasteiger partial charge in [-0.05, 0) is 78.6 Å². The maximum absolute atomic E-state index is 9.70. The molecular formula is C44H26N4. The van der Waals surface area contributed by atoms with Crippen LogP contribution in [0.25, 0.3) is 72.4 Å². The second-order valence-electron chi connectivity index (χ2n) is 12.2. The fourth-order valence-corrected chi connectivity index (χ4v) is 7.35. The van der Waals surface area contributed by atoms with E-state index in [1.54, 1.807) is 6.07 Å². The van der Waals surface area contributed by atoms with Crippen molar-refractivity contribution in [2.45, 2.75) is 12.8 Å². The van der Waals surface area contributed by atoms with Crippen LogP contribution >= 0.6 is 0 Å². The maximum Gasteiger partial charge on any atom is 0.0998 e. The lowest BCUT2D eigenvalue weighted by molar-refractivity contribution is 0.889. The lowest BCUT2D eigenvalue weighted by Crippen LogP contribution is -2.05.